The molecule has 0 bridgehead atoms. The number of fused-ring (bicyclic) bond motifs is 1. The lowest BCUT2D eigenvalue weighted by molar-refractivity contribution is 0.355. The van der Waals surface area contributed by atoms with Gasteiger partial charge < -0.3 is 20.3 Å². The van der Waals surface area contributed by atoms with E-state index in [2.05, 4.69) is 45.9 Å². The van der Waals surface area contributed by atoms with Crippen LogP contribution in [0.2, 0.25) is 0 Å². The average Bonchev–Trinajstić information content (AvgIpc) is 2.90. The number of hydrogen-bond acceptors (Lipinski definition) is 6. The molecule has 4 aromatic rings. The van der Waals surface area contributed by atoms with Gasteiger partial charge in [0.15, 0.2) is 0 Å². The number of ether oxygens (including phenoxy) is 1. The van der Waals surface area contributed by atoms with Crippen LogP contribution in [0.4, 0.5) is 11.8 Å². The summed E-state index contributed by atoms with van der Waals surface area (Å²) in [6.07, 6.45) is 5.53. The Hall–Kier alpha value is -3.64. The van der Waals surface area contributed by atoms with E-state index in [-0.39, 0.29) is 0 Å². The summed E-state index contributed by atoms with van der Waals surface area (Å²) in [5.74, 6) is 3.44. The third-order valence-corrected chi connectivity index (χ3v) is 6.79. The minimum Gasteiger partial charge on any atom is -0.457 e. The normalized spacial score (nSPS) is 17.6. The number of nitrogens with one attached hydrogen (secondary N) is 2. The van der Waals surface area contributed by atoms with Crippen LogP contribution >= 0.6 is 0 Å². The van der Waals surface area contributed by atoms with Gasteiger partial charge in [-0.2, -0.15) is 4.98 Å². The molecule has 36 heavy (non-hydrogen) atoms. The number of rotatable bonds is 9. The Morgan fingerprint density at radius 1 is 0.806 bits per heavy atom. The van der Waals surface area contributed by atoms with Gasteiger partial charge in [0.1, 0.15) is 17.3 Å². The second kappa shape index (κ2) is 11.4. The third-order valence-electron chi connectivity index (χ3n) is 6.79. The van der Waals surface area contributed by atoms with Crippen LogP contribution in [0.1, 0.15) is 31.2 Å². The molecule has 1 saturated carbocycles. The molecule has 1 fully saturated rings. The zero-order valence-electron chi connectivity index (χ0n) is 21.2. The maximum Gasteiger partial charge on any atom is 0.225 e. The summed E-state index contributed by atoms with van der Waals surface area (Å²) in [6, 6.07) is 27.5. The molecule has 0 saturated heterocycles. The quantitative estimate of drug-likeness (QED) is 0.304. The van der Waals surface area contributed by atoms with Crippen molar-refractivity contribution in [2.75, 3.05) is 30.9 Å². The summed E-state index contributed by atoms with van der Waals surface area (Å²) in [4.78, 5) is 11.6. The molecule has 1 aliphatic carbocycles. The predicted octanol–water partition coefficient (Wildman–Crippen LogP) is 6.04. The largest absolute Gasteiger partial charge is 0.457 e. The van der Waals surface area contributed by atoms with Crippen LogP contribution in [0.15, 0.2) is 78.9 Å². The second-order valence-corrected chi connectivity index (χ2v) is 9.74. The summed E-state index contributed by atoms with van der Waals surface area (Å²) in [5, 5.41) is 8.45. The predicted molar refractivity (Wildman–Crippen MR) is 148 cm³/mol. The number of hydrogen-bond donors (Lipinski definition) is 2. The van der Waals surface area contributed by atoms with E-state index < -0.39 is 0 Å². The number of benzene rings is 3. The molecule has 6 heteroatoms. The Bertz CT molecular complexity index is 1270. The molecule has 0 radical (unpaired) electrons. The lowest BCUT2D eigenvalue weighted by atomic mass is 9.91. The molecule has 0 atom stereocenters. The minimum atomic E-state index is 0.408. The summed E-state index contributed by atoms with van der Waals surface area (Å²) in [5.41, 5.74) is 2.27. The Kier molecular flexibility index (Phi) is 7.62. The van der Waals surface area contributed by atoms with Crippen molar-refractivity contribution in [2.24, 2.45) is 0 Å². The van der Waals surface area contributed by atoms with Crippen LogP contribution in [0.25, 0.3) is 10.9 Å². The summed E-state index contributed by atoms with van der Waals surface area (Å²) < 4.78 is 5.98. The standard InChI is InChI=1S/C30H35N5O/c1-35(2)29-27-13-6-7-14-28(27)33-30(34-29)32-24-17-15-23(16-18-24)31-20-19-22-9-8-12-26(21-22)36-25-10-4-3-5-11-25/h3-14,21,23-24,31H,15-20H2,1-2H3,(H,32,33,34)/t23-,24+. The fourth-order valence-electron chi connectivity index (χ4n) is 4.90. The molecule has 2 N–H and O–H groups in total. The van der Waals surface area contributed by atoms with E-state index in [1.165, 1.54) is 5.56 Å². The maximum atomic E-state index is 5.98. The molecule has 1 aliphatic rings. The van der Waals surface area contributed by atoms with Crippen molar-refractivity contribution in [3.63, 3.8) is 0 Å². The molecule has 6 nitrogen and oxygen atoms in total. The van der Waals surface area contributed by atoms with Crippen molar-refractivity contribution in [3.8, 4) is 11.5 Å². The number of anilines is 2. The fraction of sp³-hybridized carbons (Fsp3) is 0.333. The Labute approximate surface area is 213 Å². The number of para-hydroxylation sites is 2. The van der Waals surface area contributed by atoms with Crippen molar-refractivity contribution in [2.45, 2.75) is 44.2 Å². The first-order valence-electron chi connectivity index (χ1n) is 12.9. The SMILES string of the molecule is CN(C)c1nc(N[C@H]2CC[C@@H](NCCc3cccc(Oc4ccccc4)c3)CC2)nc2ccccc12. The highest BCUT2D eigenvalue weighted by atomic mass is 16.5. The molecule has 0 aliphatic heterocycles. The first-order chi connectivity index (χ1) is 17.6. The van der Waals surface area contributed by atoms with Crippen LogP contribution in [0.3, 0.4) is 0 Å². The van der Waals surface area contributed by atoms with E-state index in [0.717, 1.165) is 72.8 Å². The van der Waals surface area contributed by atoms with Crippen molar-refractivity contribution in [1.29, 1.82) is 0 Å². The van der Waals surface area contributed by atoms with Gasteiger partial charge >= 0.3 is 0 Å². The molecular formula is C30H35N5O. The van der Waals surface area contributed by atoms with Gasteiger partial charge in [-0.05, 0) is 80.6 Å². The highest BCUT2D eigenvalue weighted by molar-refractivity contribution is 5.90. The van der Waals surface area contributed by atoms with Crippen molar-refractivity contribution in [3.05, 3.63) is 84.4 Å². The number of nitrogens with zero attached hydrogens (tertiary/aromatic N) is 3. The smallest absolute Gasteiger partial charge is 0.225 e. The molecule has 186 valence electrons. The van der Waals surface area contributed by atoms with Crippen LogP contribution in [-0.4, -0.2) is 42.7 Å². The molecule has 1 heterocycles. The van der Waals surface area contributed by atoms with Gasteiger partial charge in [-0.25, -0.2) is 4.98 Å². The summed E-state index contributed by atoms with van der Waals surface area (Å²) in [6.45, 7) is 0.970. The zero-order valence-corrected chi connectivity index (χ0v) is 21.2. The number of aromatic nitrogens is 2. The lowest BCUT2D eigenvalue weighted by Gasteiger charge is -2.30. The van der Waals surface area contributed by atoms with Crippen LogP contribution in [0.5, 0.6) is 11.5 Å². The van der Waals surface area contributed by atoms with Gasteiger partial charge in [0.05, 0.1) is 5.52 Å². The molecule has 0 amide bonds. The monoisotopic (exact) mass is 481 g/mol. The van der Waals surface area contributed by atoms with Gasteiger partial charge in [0.2, 0.25) is 5.95 Å². The topological polar surface area (TPSA) is 62.3 Å². The van der Waals surface area contributed by atoms with Gasteiger partial charge in [-0.15, -0.1) is 0 Å². The first kappa shape index (κ1) is 24.1. The molecule has 1 aromatic heterocycles. The molecule has 3 aromatic carbocycles. The van der Waals surface area contributed by atoms with Crippen LogP contribution in [0, 0.1) is 0 Å². The van der Waals surface area contributed by atoms with Gasteiger partial charge in [0, 0.05) is 31.6 Å². The zero-order chi connectivity index (χ0) is 24.7. The van der Waals surface area contributed by atoms with Crippen LogP contribution in [-0.2, 0) is 6.42 Å². The van der Waals surface area contributed by atoms with E-state index in [9.17, 15) is 0 Å². The van der Waals surface area contributed by atoms with Crippen LogP contribution < -0.4 is 20.3 Å². The minimum absolute atomic E-state index is 0.408. The van der Waals surface area contributed by atoms with Gasteiger partial charge in [-0.3, -0.25) is 0 Å². The molecular weight excluding hydrogens is 446 g/mol. The highest BCUT2D eigenvalue weighted by Crippen LogP contribution is 2.27. The summed E-state index contributed by atoms with van der Waals surface area (Å²) >= 11 is 0. The first-order valence-corrected chi connectivity index (χ1v) is 12.9. The van der Waals surface area contributed by atoms with Crippen molar-refractivity contribution < 1.29 is 4.74 Å². The van der Waals surface area contributed by atoms with Crippen molar-refractivity contribution >= 4 is 22.7 Å². The van der Waals surface area contributed by atoms with E-state index in [0.29, 0.717) is 12.1 Å². The Morgan fingerprint density at radius 3 is 2.33 bits per heavy atom. The highest BCUT2D eigenvalue weighted by Gasteiger charge is 2.22. The second-order valence-electron chi connectivity index (χ2n) is 9.74. The van der Waals surface area contributed by atoms with Gasteiger partial charge in [0.25, 0.3) is 0 Å². The molecule has 0 spiro atoms. The Morgan fingerprint density at radius 2 is 1.53 bits per heavy atom. The van der Waals surface area contributed by atoms with Crippen molar-refractivity contribution in [1.82, 2.24) is 15.3 Å². The van der Waals surface area contributed by atoms with E-state index in [1.807, 2.05) is 62.6 Å². The molecule has 0 unspecified atom stereocenters. The third kappa shape index (κ3) is 6.13. The Balaban J connectivity index is 1.09. The fourth-order valence-corrected chi connectivity index (χ4v) is 4.90. The van der Waals surface area contributed by atoms with E-state index in [4.69, 9.17) is 14.7 Å². The lowest BCUT2D eigenvalue weighted by Crippen LogP contribution is -2.38. The van der Waals surface area contributed by atoms with E-state index >= 15 is 0 Å². The average molecular weight is 482 g/mol. The molecule has 5 rings (SSSR count). The van der Waals surface area contributed by atoms with Gasteiger partial charge in [-0.1, -0.05) is 42.5 Å². The van der Waals surface area contributed by atoms with E-state index in [1.54, 1.807) is 0 Å². The maximum absolute atomic E-state index is 5.98. The summed E-state index contributed by atoms with van der Waals surface area (Å²) in [7, 11) is 4.06.